The lowest BCUT2D eigenvalue weighted by molar-refractivity contribution is 0.482. The van der Waals surface area contributed by atoms with Gasteiger partial charge in [0.1, 0.15) is 11.5 Å². The zero-order valence-corrected chi connectivity index (χ0v) is 24.1. The molecule has 2 atom stereocenters. The third-order valence-electron chi connectivity index (χ3n) is 7.35. The highest BCUT2D eigenvalue weighted by Gasteiger charge is 2.42. The maximum atomic E-state index is 6.64. The smallest absolute Gasteiger partial charge is 0.174 e. The van der Waals surface area contributed by atoms with Crippen LogP contribution in [0.5, 0.6) is 11.5 Å². The van der Waals surface area contributed by atoms with Gasteiger partial charge in [-0.1, -0.05) is 47.5 Å². The molecule has 1 N–H and O–H groups in total. The van der Waals surface area contributed by atoms with Gasteiger partial charge < -0.3 is 19.5 Å². The number of nitrogens with one attached hydrogen (secondary N) is 1. The van der Waals surface area contributed by atoms with E-state index in [0.717, 1.165) is 45.5 Å². The summed E-state index contributed by atoms with van der Waals surface area (Å²) in [5, 5.41) is 4.92. The van der Waals surface area contributed by atoms with Gasteiger partial charge in [-0.15, -0.1) is 0 Å². The average Bonchev–Trinajstić information content (AvgIpc) is 3.46. The molecule has 1 saturated heterocycles. The number of halogens is 1. The molecule has 200 valence electrons. The fourth-order valence-corrected chi connectivity index (χ4v) is 6.02. The zero-order valence-electron chi connectivity index (χ0n) is 22.5. The van der Waals surface area contributed by atoms with E-state index in [9.17, 15) is 0 Å². The molecule has 3 aromatic carbocycles. The van der Waals surface area contributed by atoms with Gasteiger partial charge in [0.25, 0.3) is 0 Å². The molecule has 5 aromatic rings. The zero-order chi connectivity index (χ0) is 27.8. The number of aryl methyl sites for hydroxylation is 2. The maximum Gasteiger partial charge on any atom is 0.174 e. The Hall–Kier alpha value is -4.13. The molecule has 1 fully saturated rings. The molecule has 1 aliphatic heterocycles. The summed E-state index contributed by atoms with van der Waals surface area (Å²) in [6.07, 6.45) is 1.82. The predicted molar refractivity (Wildman–Crippen MR) is 166 cm³/mol. The monoisotopic (exact) mass is 564 g/mol. The number of anilines is 1. The Morgan fingerprint density at radius 3 is 2.20 bits per heavy atom. The fourth-order valence-electron chi connectivity index (χ4n) is 5.46. The Bertz CT molecular complexity index is 1670. The Balaban J connectivity index is 1.41. The van der Waals surface area contributed by atoms with Crippen molar-refractivity contribution in [1.82, 2.24) is 14.9 Å². The van der Waals surface area contributed by atoms with Crippen molar-refractivity contribution in [3.05, 3.63) is 136 Å². The number of ether oxygens (including phenoxy) is 1. The van der Waals surface area contributed by atoms with Crippen LogP contribution in [0.15, 0.2) is 103 Å². The number of aromatic nitrogens is 2. The van der Waals surface area contributed by atoms with Crippen molar-refractivity contribution < 1.29 is 4.74 Å². The largest absolute Gasteiger partial charge is 0.457 e. The van der Waals surface area contributed by atoms with Crippen LogP contribution in [0.1, 0.15) is 40.3 Å². The molecule has 0 amide bonds. The first kappa shape index (κ1) is 26.1. The van der Waals surface area contributed by atoms with Crippen LogP contribution in [-0.4, -0.2) is 14.7 Å². The van der Waals surface area contributed by atoms with E-state index in [1.807, 2.05) is 85.1 Å². The van der Waals surface area contributed by atoms with E-state index >= 15 is 0 Å². The van der Waals surface area contributed by atoms with Crippen molar-refractivity contribution in [3.8, 4) is 17.2 Å². The fraction of sp³-hybridized carbons (Fsp3) is 0.152. The number of rotatable bonds is 6. The normalized spacial score (nSPS) is 16.7. The molecule has 40 heavy (non-hydrogen) atoms. The average molecular weight is 565 g/mol. The molecule has 0 aliphatic carbocycles. The van der Waals surface area contributed by atoms with Gasteiger partial charge in [0.05, 0.1) is 28.5 Å². The molecule has 2 unspecified atom stereocenters. The van der Waals surface area contributed by atoms with Crippen molar-refractivity contribution in [3.63, 3.8) is 0 Å². The topological polar surface area (TPSA) is 42.3 Å². The van der Waals surface area contributed by atoms with Crippen molar-refractivity contribution in [2.45, 2.75) is 32.9 Å². The highest BCUT2D eigenvalue weighted by atomic mass is 35.5. The van der Waals surface area contributed by atoms with Gasteiger partial charge in [0.15, 0.2) is 5.11 Å². The standard InChI is InChI=1S/C33H29ClN4OS/c1-21-11-15-25(16-12-21)39-26-17-13-24(14-18-26)38-32(31(36-33(38)40)29-9-6-7-19-35-29)27-20-22(2)37(23(27)3)30-10-5-4-8-28(30)34/h4-20,31-32H,1-3H3,(H,36,40). The molecule has 0 bridgehead atoms. The number of hydrogen-bond donors (Lipinski definition) is 1. The van der Waals surface area contributed by atoms with E-state index < -0.39 is 0 Å². The number of hydrogen-bond acceptors (Lipinski definition) is 3. The molecule has 2 aromatic heterocycles. The second-order valence-electron chi connectivity index (χ2n) is 10.0. The van der Waals surface area contributed by atoms with Gasteiger partial charge in [0.2, 0.25) is 0 Å². The van der Waals surface area contributed by atoms with Crippen LogP contribution in [-0.2, 0) is 0 Å². The minimum absolute atomic E-state index is 0.131. The predicted octanol–water partition coefficient (Wildman–Crippen LogP) is 8.42. The molecule has 0 saturated carbocycles. The number of nitrogens with zero attached hydrogens (tertiary/aromatic N) is 3. The first-order valence-electron chi connectivity index (χ1n) is 13.2. The van der Waals surface area contributed by atoms with Crippen LogP contribution in [0.4, 0.5) is 5.69 Å². The number of thiocarbonyl (C=S) groups is 1. The van der Waals surface area contributed by atoms with Gasteiger partial charge in [-0.25, -0.2) is 0 Å². The lowest BCUT2D eigenvalue weighted by Crippen LogP contribution is -2.29. The lowest BCUT2D eigenvalue weighted by Gasteiger charge is -2.28. The summed E-state index contributed by atoms with van der Waals surface area (Å²) in [6.45, 7) is 6.31. The molecule has 3 heterocycles. The molecule has 0 spiro atoms. The van der Waals surface area contributed by atoms with Crippen LogP contribution in [0.25, 0.3) is 5.69 Å². The van der Waals surface area contributed by atoms with Crippen LogP contribution < -0.4 is 15.0 Å². The van der Waals surface area contributed by atoms with Gasteiger partial charge >= 0.3 is 0 Å². The third-order valence-corrected chi connectivity index (χ3v) is 7.99. The molecular formula is C33H29ClN4OS. The first-order chi connectivity index (χ1) is 19.4. The van der Waals surface area contributed by atoms with Gasteiger partial charge in [-0.2, -0.15) is 0 Å². The second kappa shape index (κ2) is 10.8. The highest BCUT2D eigenvalue weighted by Crippen LogP contribution is 2.44. The van der Waals surface area contributed by atoms with E-state index in [0.29, 0.717) is 10.1 Å². The molecule has 1 aliphatic rings. The summed E-state index contributed by atoms with van der Waals surface area (Å²) < 4.78 is 8.30. The summed E-state index contributed by atoms with van der Waals surface area (Å²) in [6, 6.07) is 32.0. The second-order valence-corrected chi connectivity index (χ2v) is 10.8. The highest BCUT2D eigenvalue weighted by molar-refractivity contribution is 7.80. The Morgan fingerprint density at radius 2 is 1.52 bits per heavy atom. The Morgan fingerprint density at radius 1 is 0.850 bits per heavy atom. The summed E-state index contributed by atoms with van der Waals surface area (Å²) in [5.41, 5.74) is 7.41. The lowest BCUT2D eigenvalue weighted by atomic mass is 9.96. The van der Waals surface area contributed by atoms with Gasteiger partial charge in [-0.3, -0.25) is 4.98 Å². The van der Waals surface area contributed by atoms with Crippen LogP contribution in [0.2, 0.25) is 5.02 Å². The van der Waals surface area contributed by atoms with Gasteiger partial charge in [-0.05, 0) is 105 Å². The van der Waals surface area contributed by atoms with Crippen molar-refractivity contribution in [1.29, 1.82) is 0 Å². The van der Waals surface area contributed by atoms with Gasteiger partial charge in [0, 0.05) is 23.3 Å². The Kier molecular flexibility index (Phi) is 7.05. The number of pyridine rings is 1. The summed E-state index contributed by atoms with van der Waals surface area (Å²) in [5.74, 6) is 1.57. The number of benzene rings is 3. The van der Waals surface area contributed by atoms with Crippen molar-refractivity contribution >= 4 is 34.6 Å². The molecule has 6 rings (SSSR count). The van der Waals surface area contributed by atoms with Crippen molar-refractivity contribution in [2.75, 3.05) is 4.90 Å². The quantitative estimate of drug-likeness (QED) is 0.210. The van der Waals surface area contributed by atoms with E-state index in [4.69, 9.17) is 33.5 Å². The molecule has 7 heteroatoms. The molecular weight excluding hydrogens is 536 g/mol. The Labute approximate surface area is 245 Å². The van der Waals surface area contributed by atoms with E-state index in [1.165, 1.54) is 5.56 Å². The SMILES string of the molecule is Cc1ccc(Oc2ccc(N3C(=S)NC(c4ccccn4)C3c3cc(C)n(-c4ccccc4Cl)c3C)cc2)cc1. The summed E-state index contributed by atoms with van der Waals surface area (Å²) in [7, 11) is 0. The van der Waals surface area contributed by atoms with Crippen LogP contribution in [0.3, 0.4) is 0 Å². The minimum Gasteiger partial charge on any atom is -0.457 e. The number of para-hydroxylation sites is 1. The molecule has 0 radical (unpaired) electrons. The van der Waals surface area contributed by atoms with Crippen molar-refractivity contribution in [2.24, 2.45) is 0 Å². The third kappa shape index (κ3) is 4.85. The minimum atomic E-state index is -0.141. The van der Waals surface area contributed by atoms with Crippen LogP contribution >= 0.6 is 23.8 Å². The van der Waals surface area contributed by atoms with E-state index in [1.54, 1.807) is 0 Å². The maximum absolute atomic E-state index is 6.64. The molecule has 5 nitrogen and oxygen atoms in total. The van der Waals surface area contributed by atoms with E-state index in [-0.39, 0.29) is 12.1 Å². The first-order valence-corrected chi connectivity index (χ1v) is 14.0. The summed E-state index contributed by atoms with van der Waals surface area (Å²) in [4.78, 5) is 6.88. The van der Waals surface area contributed by atoms with Crippen LogP contribution in [0, 0.1) is 20.8 Å². The van der Waals surface area contributed by atoms with E-state index in [2.05, 4.69) is 53.8 Å². The summed E-state index contributed by atoms with van der Waals surface area (Å²) >= 11 is 12.6.